The number of nitrogens with one attached hydrogen (secondary N) is 2. The van der Waals surface area contributed by atoms with Crippen molar-refractivity contribution in [3.8, 4) is 0 Å². The highest BCUT2D eigenvalue weighted by atomic mass is 19.2. The van der Waals surface area contributed by atoms with Crippen molar-refractivity contribution in [3.05, 3.63) is 77.2 Å². The zero-order valence-corrected chi connectivity index (χ0v) is 25.1. The lowest BCUT2D eigenvalue weighted by atomic mass is 9.91. The summed E-state index contributed by atoms with van der Waals surface area (Å²) in [6.45, 7) is 7.88. The number of esters is 1. The van der Waals surface area contributed by atoms with Crippen LogP contribution in [0.4, 0.5) is 30.5 Å². The molecule has 0 aliphatic carbocycles. The van der Waals surface area contributed by atoms with Gasteiger partial charge in [-0.25, -0.2) is 18.2 Å². The number of ether oxygens (including phenoxy) is 2. The maximum atomic E-state index is 15.4. The molecule has 2 heterocycles. The van der Waals surface area contributed by atoms with Gasteiger partial charge in [0.1, 0.15) is 11.4 Å². The van der Waals surface area contributed by atoms with Gasteiger partial charge >= 0.3 is 5.97 Å². The molecule has 0 aliphatic rings. The number of methoxy groups -OCH3 is 1. The SMILES string of the molecule is COCCn1ncc2cc(Nc3nc(N[C@H](c4ccc(F)c(F)c4)[C@H](C)CC(=O)OC(C)(C)C)c(F)cc3C(N)=O)ccc21. The number of carbonyl (C=O) groups is 2. The van der Waals surface area contributed by atoms with E-state index in [2.05, 4.69) is 20.7 Å². The zero-order chi connectivity index (χ0) is 32.2. The summed E-state index contributed by atoms with van der Waals surface area (Å²) < 4.78 is 55.8. The fourth-order valence-corrected chi connectivity index (χ4v) is 4.70. The van der Waals surface area contributed by atoms with E-state index in [9.17, 15) is 18.4 Å². The van der Waals surface area contributed by atoms with Crippen molar-refractivity contribution < 1.29 is 32.2 Å². The van der Waals surface area contributed by atoms with Gasteiger partial charge in [0.2, 0.25) is 0 Å². The van der Waals surface area contributed by atoms with Gasteiger partial charge in [0, 0.05) is 18.2 Å². The van der Waals surface area contributed by atoms with Crippen molar-refractivity contribution in [3.63, 3.8) is 0 Å². The second-order valence-corrected chi connectivity index (χ2v) is 11.4. The smallest absolute Gasteiger partial charge is 0.306 e. The summed E-state index contributed by atoms with van der Waals surface area (Å²) in [7, 11) is 1.60. The first-order valence-corrected chi connectivity index (χ1v) is 13.9. The topological polar surface area (TPSA) is 133 Å². The van der Waals surface area contributed by atoms with Crippen LogP contribution in [-0.2, 0) is 20.8 Å². The number of hydrogen-bond donors (Lipinski definition) is 3. The lowest BCUT2D eigenvalue weighted by molar-refractivity contribution is -0.155. The number of anilines is 3. The first-order chi connectivity index (χ1) is 20.8. The molecule has 0 bridgehead atoms. The van der Waals surface area contributed by atoms with E-state index in [1.54, 1.807) is 57.8 Å². The Morgan fingerprint density at radius 1 is 1.02 bits per heavy atom. The monoisotopic (exact) mass is 612 g/mol. The maximum absolute atomic E-state index is 15.4. The van der Waals surface area contributed by atoms with Gasteiger partial charge in [-0.05, 0) is 68.7 Å². The quantitative estimate of drug-likeness (QED) is 0.170. The molecule has 2 aromatic carbocycles. The predicted octanol–water partition coefficient (Wildman–Crippen LogP) is 5.86. The number of pyridine rings is 1. The number of halogens is 3. The number of carbonyl (C=O) groups excluding carboxylic acids is 2. The third-order valence-corrected chi connectivity index (χ3v) is 6.73. The predicted molar refractivity (Wildman–Crippen MR) is 160 cm³/mol. The molecule has 0 saturated heterocycles. The Kier molecular flexibility index (Phi) is 9.78. The van der Waals surface area contributed by atoms with Gasteiger partial charge in [-0.1, -0.05) is 13.0 Å². The summed E-state index contributed by atoms with van der Waals surface area (Å²) in [5.74, 6) is -5.49. The molecule has 4 N–H and O–H groups in total. The van der Waals surface area contributed by atoms with E-state index < -0.39 is 46.9 Å². The Hall–Kier alpha value is -4.65. The molecule has 0 unspecified atom stereocenters. The highest BCUT2D eigenvalue weighted by Gasteiger charge is 2.28. The summed E-state index contributed by atoms with van der Waals surface area (Å²) >= 11 is 0. The van der Waals surface area contributed by atoms with Crippen LogP contribution in [0.15, 0.2) is 48.7 Å². The molecule has 0 fully saturated rings. The van der Waals surface area contributed by atoms with E-state index in [1.807, 2.05) is 6.07 Å². The number of nitrogens with zero attached hydrogens (tertiary/aromatic N) is 3. The van der Waals surface area contributed by atoms with Crippen molar-refractivity contribution >= 4 is 40.1 Å². The van der Waals surface area contributed by atoms with Crippen LogP contribution in [0, 0.1) is 23.4 Å². The molecule has 0 radical (unpaired) electrons. The third-order valence-electron chi connectivity index (χ3n) is 6.73. The molecule has 13 heteroatoms. The number of benzene rings is 2. The van der Waals surface area contributed by atoms with E-state index in [0.717, 1.165) is 29.1 Å². The molecule has 0 spiro atoms. The molecule has 1 amide bonds. The highest BCUT2D eigenvalue weighted by Crippen LogP contribution is 2.33. The number of nitrogens with two attached hydrogens (primary N) is 1. The molecule has 2 aromatic heterocycles. The van der Waals surface area contributed by atoms with Crippen LogP contribution in [0.1, 0.15) is 56.1 Å². The molecule has 2 atom stereocenters. The minimum atomic E-state index is -1.11. The van der Waals surface area contributed by atoms with Gasteiger partial charge in [-0.15, -0.1) is 0 Å². The normalized spacial score (nSPS) is 13.0. The molecule has 4 aromatic rings. The summed E-state index contributed by atoms with van der Waals surface area (Å²) in [6.07, 6.45) is 1.55. The number of amides is 1. The van der Waals surface area contributed by atoms with E-state index in [0.29, 0.717) is 18.8 Å². The molecule has 44 heavy (non-hydrogen) atoms. The fourth-order valence-electron chi connectivity index (χ4n) is 4.70. The maximum Gasteiger partial charge on any atom is 0.306 e. The van der Waals surface area contributed by atoms with Crippen LogP contribution in [0.25, 0.3) is 10.9 Å². The molecule has 0 saturated carbocycles. The van der Waals surface area contributed by atoms with Crippen LogP contribution in [-0.4, -0.2) is 46.0 Å². The Morgan fingerprint density at radius 3 is 2.43 bits per heavy atom. The fraction of sp³-hybridized carbons (Fsp3) is 0.355. The summed E-state index contributed by atoms with van der Waals surface area (Å²) in [5.41, 5.74) is 6.20. The number of rotatable bonds is 12. The van der Waals surface area contributed by atoms with E-state index in [4.69, 9.17) is 15.2 Å². The van der Waals surface area contributed by atoms with Gasteiger partial charge in [0.05, 0.1) is 42.9 Å². The van der Waals surface area contributed by atoms with Gasteiger partial charge in [-0.2, -0.15) is 5.10 Å². The third kappa shape index (κ3) is 7.84. The lowest BCUT2D eigenvalue weighted by Crippen LogP contribution is -2.28. The van der Waals surface area contributed by atoms with Gasteiger partial charge in [0.15, 0.2) is 23.3 Å². The molecular formula is C31H35F3N6O4. The Morgan fingerprint density at radius 2 is 1.77 bits per heavy atom. The summed E-state index contributed by atoms with van der Waals surface area (Å²) in [5, 5.41) is 11.1. The zero-order valence-electron chi connectivity index (χ0n) is 25.1. The van der Waals surface area contributed by atoms with Crippen LogP contribution in [0.2, 0.25) is 0 Å². The van der Waals surface area contributed by atoms with E-state index in [1.165, 1.54) is 6.07 Å². The first-order valence-electron chi connectivity index (χ1n) is 13.9. The second kappa shape index (κ2) is 13.3. The Labute approximate surface area is 252 Å². The first kappa shape index (κ1) is 32.3. The number of aromatic nitrogens is 3. The van der Waals surface area contributed by atoms with Gasteiger partial charge in [-0.3, -0.25) is 14.3 Å². The van der Waals surface area contributed by atoms with Crippen molar-refractivity contribution in [1.82, 2.24) is 14.8 Å². The molecular weight excluding hydrogens is 577 g/mol. The number of hydrogen-bond acceptors (Lipinski definition) is 8. The number of primary amides is 1. The minimum Gasteiger partial charge on any atom is -0.460 e. The minimum absolute atomic E-state index is 0.0450. The van der Waals surface area contributed by atoms with Crippen LogP contribution in [0.5, 0.6) is 0 Å². The average Bonchev–Trinajstić information content (AvgIpc) is 3.34. The van der Waals surface area contributed by atoms with Crippen molar-refractivity contribution in [2.24, 2.45) is 11.7 Å². The largest absolute Gasteiger partial charge is 0.460 e. The Bertz CT molecular complexity index is 1670. The highest BCUT2D eigenvalue weighted by molar-refractivity contribution is 5.99. The molecule has 234 valence electrons. The van der Waals surface area contributed by atoms with Crippen molar-refractivity contribution in [2.75, 3.05) is 24.4 Å². The Balaban J connectivity index is 1.69. The number of fused-ring (bicyclic) bond motifs is 1. The van der Waals surface area contributed by atoms with Gasteiger partial charge < -0.3 is 25.8 Å². The summed E-state index contributed by atoms with van der Waals surface area (Å²) in [6, 6.07) is 8.60. The standard InChI is InChI=1S/C31H35F3N6O4/c1-17(12-26(41)44-31(2,3)4)27(18-6-8-22(32)23(33)14-18)38-30-24(34)15-21(28(35)42)29(39-30)37-20-7-9-25-19(13-20)16-36-40(25)10-11-43-5/h6-9,13-17,27H,10-12H2,1-5H3,(H2,35,42)(H2,37,38,39)/t17-,27+/m1/s1. The van der Waals surface area contributed by atoms with Crippen molar-refractivity contribution in [2.45, 2.75) is 52.3 Å². The van der Waals surface area contributed by atoms with Crippen LogP contribution >= 0.6 is 0 Å². The molecule has 10 nitrogen and oxygen atoms in total. The van der Waals surface area contributed by atoms with Gasteiger partial charge in [0.25, 0.3) is 5.91 Å². The van der Waals surface area contributed by atoms with Crippen molar-refractivity contribution in [1.29, 1.82) is 0 Å². The van der Waals surface area contributed by atoms with Crippen LogP contribution < -0.4 is 16.4 Å². The second-order valence-electron chi connectivity index (χ2n) is 11.4. The summed E-state index contributed by atoms with van der Waals surface area (Å²) in [4.78, 5) is 29.2. The lowest BCUT2D eigenvalue weighted by Gasteiger charge is -2.28. The van der Waals surface area contributed by atoms with Crippen LogP contribution in [0.3, 0.4) is 0 Å². The average molecular weight is 613 g/mol. The molecule has 0 aliphatic heterocycles. The molecule has 4 rings (SSSR count). The van der Waals surface area contributed by atoms with E-state index in [-0.39, 0.29) is 29.2 Å². The van der Waals surface area contributed by atoms with E-state index >= 15 is 4.39 Å².